The zero-order valence-electron chi connectivity index (χ0n) is 14.2. The molecule has 1 fully saturated rings. The van der Waals surface area contributed by atoms with E-state index >= 15 is 0 Å². The normalized spacial score (nSPS) is 17.7. The summed E-state index contributed by atoms with van der Waals surface area (Å²) in [6.07, 6.45) is 2.27. The van der Waals surface area contributed by atoms with Gasteiger partial charge in [0.05, 0.1) is 12.7 Å². The fourth-order valence-corrected chi connectivity index (χ4v) is 2.58. The van der Waals surface area contributed by atoms with Gasteiger partial charge in [-0.3, -0.25) is 14.6 Å². The molecule has 0 saturated carbocycles. The molecule has 0 aliphatic carbocycles. The summed E-state index contributed by atoms with van der Waals surface area (Å²) in [5.74, 6) is 0.204. The first-order valence-corrected chi connectivity index (χ1v) is 7.97. The zero-order valence-corrected chi connectivity index (χ0v) is 14.2. The van der Waals surface area contributed by atoms with E-state index in [9.17, 15) is 9.59 Å². The maximum Gasteiger partial charge on any atom is 0.332 e. The molecule has 0 bridgehead atoms. The van der Waals surface area contributed by atoms with Crippen LogP contribution in [0.2, 0.25) is 0 Å². The predicted octanol–water partition coefficient (Wildman–Crippen LogP) is 3.94. The van der Waals surface area contributed by atoms with Crippen molar-refractivity contribution in [2.45, 2.75) is 46.7 Å². The van der Waals surface area contributed by atoms with Gasteiger partial charge in [-0.25, -0.2) is 4.79 Å². The molecule has 1 aromatic rings. The lowest BCUT2D eigenvalue weighted by Gasteiger charge is -2.18. The van der Waals surface area contributed by atoms with E-state index in [0.29, 0.717) is 18.9 Å². The molecule has 23 heavy (non-hydrogen) atoms. The highest BCUT2D eigenvalue weighted by atomic mass is 16.2. The van der Waals surface area contributed by atoms with E-state index < -0.39 is 6.04 Å². The Morgan fingerprint density at radius 2 is 1.87 bits per heavy atom. The van der Waals surface area contributed by atoms with Crippen molar-refractivity contribution in [2.75, 3.05) is 0 Å². The number of hydrogen-bond donors (Lipinski definition) is 0. The lowest BCUT2D eigenvalue weighted by molar-refractivity contribution is -0.128. The number of carbonyl (C=O) groups excluding carboxylic acids is 2. The minimum Gasteiger partial charge on any atom is -0.281 e. The summed E-state index contributed by atoms with van der Waals surface area (Å²) in [5, 5.41) is 0. The van der Waals surface area contributed by atoms with Gasteiger partial charge >= 0.3 is 6.03 Å². The van der Waals surface area contributed by atoms with Gasteiger partial charge in [-0.15, -0.1) is 5.73 Å². The van der Waals surface area contributed by atoms with Gasteiger partial charge in [-0.05, 0) is 37.3 Å². The van der Waals surface area contributed by atoms with E-state index in [0.717, 1.165) is 11.1 Å². The Balaban J connectivity index is 2.29. The van der Waals surface area contributed by atoms with Crippen LogP contribution in [-0.4, -0.2) is 27.8 Å². The van der Waals surface area contributed by atoms with Crippen LogP contribution in [0.5, 0.6) is 0 Å². The van der Waals surface area contributed by atoms with Crippen molar-refractivity contribution >= 4 is 11.9 Å². The molecule has 0 N–H and O–H groups in total. The van der Waals surface area contributed by atoms with Crippen LogP contribution in [0, 0.1) is 5.92 Å². The summed E-state index contributed by atoms with van der Waals surface area (Å²) in [7, 11) is 0. The summed E-state index contributed by atoms with van der Waals surface area (Å²) < 4.78 is 0. The number of benzene rings is 1. The van der Waals surface area contributed by atoms with Gasteiger partial charge in [-0.2, -0.15) is 0 Å². The number of imide groups is 1. The molecule has 2 rings (SSSR count). The van der Waals surface area contributed by atoms with Crippen LogP contribution in [0.1, 0.15) is 39.7 Å². The second-order valence-corrected chi connectivity index (χ2v) is 6.52. The SMILES string of the molecule is CC(C)=C=CN1C(=O)N(Cc2ccccc2)C(=O)C1CC(C)C. The third-order valence-electron chi connectivity index (χ3n) is 3.71. The summed E-state index contributed by atoms with van der Waals surface area (Å²) in [4.78, 5) is 28.3. The number of urea groups is 1. The maximum atomic E-state index is 12.7. The zero-order chi connectivity index (χ0) is 17.0. The molecule has 1 heterocycles. The number of carbonyl (C=O) groups is 2. The molecule has 1 aromatic carbocycles. The van der Waals surface area contributed by atoms with Crippen molar-refractivity contribution < 1.29 is 9.59 Å². The van der Waals surface area contributed by atoms with Gasteiger partial charge in [-0.1, -0.05) is 44.2 Å². The van der Waals surface area contributed by atoms with Crippen molar-refractivity contribution in [3.8, 4) is 0 Å². The van der Waals surface area contributed by atoms with Gasteiger partial charge in [0.25, 0.3) is 5.91 Å². The molecule has 4 nitrogen and oxygen atoms in total. The Hall–Kier alpha value is -2.32. The Morgan fingerprint density at radius 1 is 1.22 bits per heavy atom. The average Bonchev–Trinajstić information content (AvgIpc) is 2.70. The highest BCUT2D eigenvalue weighted by molar-refractivity contribution is 6.04. The minimum absolute atomic E-state index is 0.126. The van der Waals surface area contributed by atoms with Crippen LogP contribution in [0.4, 0.5) is 4.79 Å². The smallest absolute Gasteiger partial charge is 0.281 e. The lowest BCUT2D eigenvalue weighted by Crippen LogP contribution is -2.31. The molecule has 0 spiro atoms. The number of hydrogen-bond acceptors (Lipinski definition) is 2. The summed E-state index contributed by atoms with van der Waals surface area (Å²) in [6.45, 7) is 8.25. The predicted molar refractivity (Wildman–Crippen MR) is 90.4 cm³/mol. The molecule has 0 aromatic heterocycles. The maximum absolute atomic E-state index is 12.7. The molecule has 1 aliphatic heterocycles. The van der Waals surface area contributed by atoms with E-state index in [1.54, 1.807) is 6.20 Å². The van der Waals surface area contributed by atoms with Crippen molar-refractivity contribution in [3.05, 3.63) is 53.4 Å². The van der Waals surface area contributed by atoms with Crippen molar-refractivity contribution in [1.82, 2.24) is 9.80 Å². The van der Waals surface area contributed by atoms with Crippen molar-refractivity contribution in [3.63, 3.8) is 0 Å². The van der Waals surface area contributed by atoms with Crippen LogP contribution in [0.25, 0.3) is 0 Å². The number of amides is 3. The van der Waals surface area contributed by atoms with Gasteiger partial charge in [0, 0.05) is 0 Å². The summed E-state index contributed by atoms with van der Waals surface area (Å²) in [5.41, 5.74) is 4.96. The number of allylic oxidation sites excluding steroid dienone is 1. The minimum atomic E-state index is -0.432. The van der Waals surface area contributed by atoms with E-state index in [1.165, 1.54) is 9.80 Å². The molecular weight excluding hydrogens is 288 g/mol. The first kappa shape index (κ1) is 17.0. The third kappa shape index (κ3) is 4.11. The van der Waals surface area contributed by atoms with E-state index in [2.05, 4.69) is 19.6 Å². The standard InChI is InChI=1S/C19H24N2O2/c1-14(2)10-11-20-17(12-15(3)4)18(22)21(19(20)23)13-16-8-6-5-7-9-16/h5-9,11,15,17H,12-13H2,1-4H3. The highest BCUT2D eigenvalue weighted by Gasteiger charge is 2.44. The second-order valence-electron chi connectivity index (χ2n) is 6.52. The third-order valence-corrected chi connectivity index (χ3v) is 3.71. The highest BCUT2D eigenvalue weighted by Crippen LogP contribution is 2.25. The molecule has 1 atom stereocenters. The fourth-order valence-electron chi connectivity index (χ4n) is 2.58. The Labute approximate surface area is 138 Å². The Kier molecular flexibility index (Phi) is 5.41. The largest absolute Gasteiger partial charge is 0.332 e. The van der Waals surface area contributed by atoms with Crippen LogP contribution in [-0.2, 0) is 11.3 Å². The molecule has 1 aliphatic rings. The van der Waals surface area contributed by atoms with Crippen LogP contribution < -0.4 is 0 Å². The van der Waals surface area contributed by atoms with Gasteiger partial charge in [0.2, 0.25) is 0 Å². The quantitative estimate of drug-likeness (QED) is 0.610. The average molecular weight is 312 g/mol. The topological polar surface area (TPSA) is 40.6 Å². The second kappa shape index (κ2) is 7.30. The number of nitrogens with zero attached hydrogens (tertiary/aromatic N) is 2. The number of rotatable bonds is 5. The lowest BCUT2D eigenvalue weighted by atomic mass is 10.0. The molecule has 0 radical (unpaired) electrons. The van der Waals surface area contributed by atoms with E-state index in [-0.39, 0.29) is 11.9 Å². The van der Waals surface area contributed by atoms with Crippen LogP contribution in [0.15, 0.2) is 47.8 Å². The fraction of sp³-hybridized carbons (Fsp3) is 0.421. The van der Waals surface area contributed by atoms with Gasteiger partial charge in [0.1, 0.15) is 6.04 Å². The first-order chi connectivity index (χ1) is 10.9. The Bertz CT molecular complexity index is 639. The molecule has 3 amide bonds. The molecule has 4 heteroatoms. The van der Waals surface area contributed by atoms with Gasteiger partial charge < -0.3 is 0 Å². The van der Waals surface area contributed by atoms with Crippen LogP contribution >= 0.6 is 0 Å². The molecule has 1 unspecified atom stereocenters. The first-order valence-electron chi connectivity index (χ1n) is 7.97. The summed E-state index contributed by atoms with van der Waals surface area (Å²) in [6, 6.07) is 8.89. The molecular formula is C19H24N2O2. The van der Waals surface area contributed by atoms with E-state index in [4.69, 9.17) is 0 Å². The monoisotopic (exact) mass is 312 g/mol. The molecule has 1 saturated heterocycles. The van der Waals surface area contributed by atoms with Crippen molar-refractivity contribution in [2.24, 2.45) is 5.92 Å². The summed E-state index contributed by atoms with van der Waals surface area (Å²) >= 11 is 0. The molecule has 122 valence electrons. The van der Waals surface area contributed by atoms with Crippen molar-refractivity contribution in [1.29, 1.82) is 0 Å². The van der Waals surface area contributed by atoms with Crippen LogP contribution in [0.3, 0.4) is 0 Å². The Morgan fingerprint density at radius 3 is 2.43 bits per heavy atom. The van der Waals surface area contributed by atoms with E-state index in [1.807, 2.05) is 44.2 Å². The van der Waals surface area contributed by atoms with Gasteiger partial charge in [0.15, 0.2) is 0 Å².